The number of ketones is 1. The number of nitrogens with one attached hydrogen (secondary N) is 1. The van der Waals surface area contributed by atoms with Gasteiger partial charge in [-0.15, -0.1) is 0 Å². The van der Waals surface area contributed by atoms with Crippen LogP contribution in [-0.4, -0.2) is 78.9 Å². The average molecular weight is 557 g/mol. The summed E-state index contributed by atoms with van der Waals surface area (Å²) >= 11 is 0. The van der Waals surface area contributed by atoms with Crippen LogP contribution in [0.5, 0.6) is 0 Å². The molecule has 1 aromatic heterocycles. The number of carbonyl (C=O) groups excluding carboxylic acids is 1. The number of halogens is 1. The number of allylic oxidation sites excluding steroid dienone is 1. The van der Waals surface area contributed by atoms with E-state index in [0.29, 0.717) is 49.0 Å². The minimum Gasteiger partial charge on any atom is -0.380 e. The van der Waals surface area contributed by atoms with Gasteiger partial charge in [0, 0.05) is 55.2 Å². The van der Waals surface area contributed by atoms with E-state index in [4.69, 9.17) is 14.2 Å². The summed E-state index contributed by atoms with van der Waals surface area (Å²) in [5.74, 6) is 7.09. The van der Waals surface area contributed by atoms with Gasteiger partial charge in [0.2, 0.25) is 0 Å². The molecule has 6 rings (SSSR count). The third kappa shape index (κ3) is 6.63. The van der Waals surface area contributed by atoms with Crippen molar-refractivity contribution in [3.63, 3.8) is 0 Å². The summed E-state index contributed by atoms with van der Waals surface area (Å²) in [6, 6.07) is 8.68. The fraction of sp³-hybridized carbons (Fsp3) is 0.406. The highest BCUT2D eigenvalue weighted by atomic mass is 19.1. The van der Waals surface area contributed by atoms with Gasteiger partial charge in [-0.25, -0.2) is 14.4 Å². The normalized spacial score (nSPS) is 22.5. The number of rotatable bonds is 7. The first-order valence-electron chi connectivity index (χ1n) is 14.1. The smallest absolute Gasteiger partial charge is 0.159 e. The number of hydrogen-bond donors (Lipinski definition) is 1. The number of aryl methyl sites for hydroxylation is 1. The van der Waals surface area contributed by atoms with Crippen LogP contribution in [0.4, 0.5) is 15.9 Å². The van der Waals surface area contributed by atoms with Crippen LogP contribution in [0.25, 0.3) is 10.9 Å². The summed E-state index contributed by atoms with van der Waals surface area (Å²) in [4.78, 5) is 24.3. The van der Waals surface area contributed by atoms with Crippen molar-refractivity contribution in [3.8, 4) is 11.8 Å². The third-order valence-corrected chi connectivity index (χ3v) is 7.69. The molecule has 0 aliphatic carbocycles. The van der Waals surface area contributed by atoms with Crippen molar-refractivity contribution < 1.29 is 23.4 Å². The highest BCUT2D eigenvalue weighted by Gasteiger charge is 2.35. The van der Waals surface area contributed by atoms with Crippen LogP contribution in [0.1, 0.15) is 23.1 Å². The number of hydrogen-bond acceptors (Lipinski definition) is 8. The monoisotopic (exact) mass is 556 g/mol. The number of carbonyl (C=O) groups is 1. The first kappa shape index (κ1) is 27.5. The summed E-state index contributed by atoms with van der Waals surface area (Å²) in [6.07, 6.45) is 6.37. The predicted octanol–water partition coefficient (Wildman–Crippen LogP) is 3.98. The Bertz CT molecular complexity index is 1510. The van der Waals surface area contributed by atoms with Crippen LogP contribution in [-0.2, 0) is 25.4 Å². The predicted molar refractivity (Wildman–Crippen MR) is 154 cm³/mol. The van der Waals surface area contributed by atoms with Gasteiger partial charge in [0.15, 0.2) is 5.78 Å². The van der Waals surface area contributed by atoms with E-state index in [9.17, 15) is 9.18 Å². The molecule has 1 N–H and O–H groups in total. The molecule has 0 bridgehead atoms. The molecule has 212 valence electrons. The lowest BCUT2D eigenvalue weighted by Gasteiger charge is -2.24. The van der Waals surface area contributed by atoms with Gasteiger partial charge in [0.1, 0.15) is 18.0 Å². The average Bonchev–Trinajstić information content (AvgIpc) is 3.64. The number of anilines is 2. The third-order valence-electron chi connectivity index (χ3n) is 7.69. The molecule has 3 unspecified atom stereocenters. The maximum absolute atomic E-state index is 13.8. The van der Waals surface area contributed by atoms with E-state index in [1.54, 1.807) is 25.1 Å². The zero-order chi connectivity index (χ0) is 28.2. The highest BCUT2D eigenvalue weighted by molar-refractivity contribution is 5.96. The molecule has 4 heterocycles. The van der Waals surface area contributed by atoms with Crippen LogP contribution in [0, 0.1) is 30.5 Å². The number of likely N-dealkylation sites (tertiary alicyclic amines) is 1. The van der Waals surface area contributed by atoms with E-state index in [-0.39, 0.29) is 36.1 Å². The zero-order valence-corrected chi connectivity index (χ0v) is 23.1. The van der Waals surface area contributed by atoms with Crippen molar-refractivity contribution in [3.05, 3.63) is 71.3 Å². The van der Waals surface area contributed by atoms with Crippen molar-refractivity contribution in [2.24, 2.45) is 5.92 Å². The van der Waals surface area contributed by atoms with Crippen molar-refractivity contribution in [2.75, 3.05) is 51.4 Å². The first-order chi connectivity index (χ1) is 20.0. The maximum atomic E-state index is 13.8. The first-order valence-corrected chi connectivity index (χ1v) is 14.1. The van der Waals surface area contributed by atoms with Crippen LogP contribution in [0.3, 0.4) is 0 Å². The van der Waals surface area contributed by atoms with Gasteiger partial charge in [-0.3, -0.25) is 9.69 Å². The molecule has 3 aliphatic rings. The Balaban J connectivity index is 1.23. The lowest BCUT2D eigenvalue weighted by molar-refractivity contribution is -0.116. The Labute approximate surface area is 238 Å². The highest BCUT2D eigenvalue weighted by Crippen LogP contribution is 2.28. The Hall–Kier alpha value is -3.68. The molecule has 0 amide bonds. The molecule has 0 spiro atoms. The van der Waals surface area contributed by atoms with Crippen LogP contribution in [0.2, 0.25) is 0 Å². The van der Waals surface area contributed by atoms with E-state index in [1.807, 2.05) is 18.2 Å². The quantitative estimate of drug-likeness (QED) is 0.346. The van der Waals surface area contributed by atoms with E-state index in [0.717, 1.165) is 42.6 Å². The standard InChI is InChI=1S/C32H33FN4O4/c1-21-13-25(6-7-28(21)33)36-32-27-15-24(23(16-29(27)34-20-35-32)5-4-22-8-10-39-19-22)14-26(38)3-2-9-37-17-30-31(18-37)41-12-11-40-30/h2-3,6-7,13,15-16,20,22,30-31H,8-12,14,17-19H2,1H3,(H,34,35,36)/b3-2+. The minimum atomic E-state index is -0.266. The number of aromatic nitrogens is 2. The van der Waals surface area contributed by atoms with Crippen molar-refractivity contribution in [1.29, 1.82) is 0 Å². The summed E-state index contributed by atoms with van der Waals surface area (Å²) in [5.41, 5.74) is 3.53. The Morgan fingerprint density at radius 1 is 1.15 bits per heavy atom. The number of fused-ring (bicyclic) bond motifs is 2. The molecule has 3 aliphatic heterocycles. The fourth-order valence-corrected chi connectivity index (χ4v) is 5.46. The summed E-state index contributed by atoms with van der Waals surface area (Å²) < 4.78 is 30.9. The molecule has 3 fully saturated rings. The van der Waals surface area contributed by atoms with Gasteiger partial charge in [0.05, 0.1) is 37.5 Å². The fourth-order valence-electron chi connectivity index (χ4n) is 5.46. The second-order valence-corrected chi connectivity index (χ2v) is 10.8. The second kappa shape index (κ2) is 12.5. The van der Waals surface area contributed by atoms with Gasteiger partial charge < -0.3 is 19.5 Å². The molecule has 0 radical (unpaired) electrons. The SMILES string of the molecule is Cc1cc(Nc2ncnc3cc(C#CC4CCOC4)c(CC(=O)/C=C/CN4CC5OCCOC5C4)cc23)ccc1F. The van der Waals surface area contributed by atoms with E-state index >= 15 is 0 Å². The summed E-state index contributed by atoms with van der Waals surface area (Å²) in [6.45, 7) is 6.61. The number of ether oxygens (including phenoxy) is 3. The molecule has 0 saturated carbocycles. The van der Waals surface area contributed by atoms with Crippen LogP contribution in [0.15, 0.2) is 48.8 Å². The molecule has 9 heteroatoms. The largest absolute Gasteiger partial charge is 0.380 e. The van der Waals surface area contributed by atoms with Gasteiger partial charge in [-0.05, 0) is 60.9 Å². The second-order valence-electron chi connectivity index (χ2n) is 10.8. The molecule has 8 nitrogen and oxygen atoms in total. The molecule has 3 aromatic rings. The van der Waals surface area contributed by atoms with Gasteiger partial charge in [0.25, 0.3) is 0 Å². The van der Waals surface area contributed by atoms with Gasteiger partial charge in [-0.2, -0.15) is 0 Å². The van der Waals surface area contributed by atoms with Crippen LogP contribution >= 0.6 is 0 Å². The van der Waals surface area contributed by atoms with E-state index in [2.05, 4.69) is 32.0 Å². The molecular formula is C32H33FN4O4. The van der Waals surface area contributed by atoms with E-state index in [1.165, 1.54) is 12.4 Å². The molecule has 41 heavy (non-hydrogen) atoms. The lowest BCUT2D eigenvalue weighted by Crippen LogP contribution is -2.36. The molecule has 3 saturated heterocycles. The molecule has 2 aromatic carbocycles. The zero-order valence-electron chi connectivity index (χ0n) is 23.1. The van der Waals surface area contributed by atoms with Gasteiger partial charge >= 0.3 is 0 Å². The number of benzene rings is 2. The van der Waals surface area contributed by atoms with E-state index < -0.39 is 0 Å². The number of nitrogens with zero attached hydrogens (tertiary/aromatic N) is 3. The Kier molecular flexibility index (Phi) is 8.35. The maximum Gasteiger partial charge on any atom is 0.159 e. The molecule has 3 atom stereocenters. The van der Waals surface area contributed by atoms with Crippen molar-refractivity contribution in [1.82, 2.24) is 14.9 Å². The summed E-state index contributed by atoms with van der Waals surface area (Å²) in [5, 5.41) is 4.04. The molecular weight excluding hydrogens is 523 g/mol. The van der Waals surface area contributed by atoms with Crippen molar-refractivity contribution in [2.45, 2.75) is 32.0 Å². The van der Waals surface area contributed by atoms with Crippen molar-refractivity contribution >= 4 is 28.2 Å². The minimum absolute atomic E-state index is 0.0127. The van der Waals surface area contributed by atoms with Gasteiger partial charge in [-0.1, -0.05) is 17.9 Å². The topological polar surface area (TPSA) is 85.8 Å². The Morgan fingerprint density at radius 3 is 2.73 bits per heavy atom. The summed E-state index contributed by atoms with van der Waals surface area (Å²) in [7, 11) is 0. The lowest BCUT2D eigenvalue weighted by atomic mass is 9.98. The Morgan fingerprint density at radius 2 is 1.98 bits per heavy atom. The van der Waals surface area contributed by atoms with Crippen LogP contribution < -0.4 is 5.32 Å².